The van der Waals surface area contributed by atoms with E-state index in [1.807, 2.05) is 30.3 Å². The van der Waals surface area contributed by atoms with Gasteiger partial charge in [-0.2, -0.15) is 13.2 Å². The Kier molecular flexibility index (Phi) is 9.24. The Labute approximate surface area is 233 Å². The molecule has 0 aliphatic carbocycles. The molecule has 4 aromatic carbocycles. The number of fused-ring (bicyclic) bond motifs is 1. The lowest BCUT2D eigenvalue weighted by Crippen LogP contribution is -2.49. The number of methoxy groups -OCH3 is 1. The van der Waals surface area contributed by atoms with Crippen molar-refractivity contribution in [2.24, 2.45) is 0 Å². The Morgan fingerprint density at radius 3 is 2.22 bits per heavy atom. The third kappa shape index (κ3) is 7.40. The molecular weight excluding hydrogens is 542 g/mol. The van der Waals surface area contributed by atoms with Crippen LogP contribution < -0.4 is 10.1 Å². The number of hydrogen-bond donors (Lipinski definition) is 1. The third-order valence-corrected chi connectivity index (χ3v) is 6.41. The van der Waals surface area contributed by atoms with Crippen molar-refractivity contribution in [3.8, 4) is 5.75 Å². The van der Waals surface area contributed by atoms with E-state index in [1.165, 1.54) is 49.6 Å². The Bertz CT molecular complexity index is 1510. The molecule has 0 bridgehead atoms. The molecule has 0 heterocycles. The highest BCUT2D eigenvalue weighted by Gasteiger charge is 2.31. The van der Waals surface area contributed by atoms with Crippen LogP contribution in [0.3, 0.4) is 0 Å². The summed E-state index contributed by atoms with van der Waals surface area (Å²) in [4.78, 5) is 26.1. The van der Waals surface area contributed by atoms with Gasteiger partial charge in [0, 0.05) is 5.39 Å². The molecule has 0 radical (unpaired) electrons. The van der Waals surface area contributed by atoms with Gasteiger partial charge in [0.15, 0.2) is 6.04 Å². The van der Waals surface area contributed by atoms with Crippen LogP contribution in [0.25, 0.3) is 10.8 Å². The predicted molar refractivity (Wildman–Crippen MR) is 144 cm³/mol. The molecule has 2 atom stereocenters. The van der Waals surface area contributed by atoms with Gasteiger partial charge in [-0.1, -0.05) is 48.5 Å². The molecule has 1 amide bonds. The molecule has 214 valence electrons. The number of halogens is 4. The van der Waals surface area contributed by atoms with Crippen molar-refractivity contribution in [3.63, 3.8) is 0 Å². The smallest absolute Gasteiger partial charge is 0.416 e. The van der Waals surface area contributed by atoms with Crippen LogP contribution in [0, 0.1) is 5.82 Å². The zero-order valence-electron chi connectivity index (χ0n) is 22.2. The van der Waals surface area contributed by atoms with Crippen LogP contribution >= 0.6 is 0 Å². The van der Waals surface area contributed by atoms with Gasteiger partial charge in [-0.3, -0.25) is 4.79 Å². The minimum absolute atomic E-state index is 0.0279. The molecule has 0 saturated heterocycles. The first-order chi connectivity index (χ1) is 19.6. The molecule has 0 fully saturated rings. The lowest BCUT2D eigenvalue weighted by molar-refractivity contribution is -0.147. The van der Waals surface area contributed by atoms with Gasteiger partial charge < -0.3 is 19.5 Å². The predicted octanol–water partition coefficient (Wildman–Crippen LogP) is 6.45. The maximum Gasteiger partial charge on any atom is 0.416 e. The number of hydrogen-bond acceptors (Lipinski definition) is 5. The summed E-state index contributed by atoms with van der Waals surface area (Å²) in [5.74, 6) is -1.85. The fourth-order valence-electron chi connectivity index (χ4n) is 4.16. The lowest BCUT2D eigenvalue weighted by Gasteiger charge is -2.24. The first kappa shape index (κ1) is 29.5. The molecule has 4 rings (SSSR count). The number of ether oxygens (including phenoxy) is 3. The van der Waals surface area contributed by atoms with Crippen molar-refractivity contribution in [1.29, 1.82) is 0 Å². The molecule has 0 aliphatic rings. The average molecular weight is 570 g/mol. The van der Waals surface area contributed by atoms with Crippen molar-refractivity contribution in [2.75, 3.05) is 7.11 Å². The fourth-order valence-corrected chi connectivity index (χ4v) is 4.16. The highest BCUT2D eigenvalue weighted by Crippen LogP contribution is 2.33. The van der Waals surface area contributed by atoms with Gasteiger partial charge >= 0.3 is 12.1 Å². The largest absolute Gasteiger partial charge is 0.487 e. The molecule has 1 N–H and O–H groups in total. The van der Waals surface area contributed by atoms with E-state index in [9.17, 15) is 27.2 Å². The molecule has 10 heteroatoms. The normalized spacial score (nSPS) is 12.9. The van der Waals surface area contributed by atoms with E-state index < -0.39 is 41.6 Å². The van der Waals surface area contributed by atoms with Gasteiger partial charge in [0.1, 0.15) is 18.2 Å². The Morgan fingerprint density at radius 1 is 0.878 bits per heavy atom. The standard InChI is InChI=1S/C31H27F4NO5/c1-19(40-17-20-6-4-3-5-7-20)27(30(38)39-2)36-29(37)26-14-10-22-16-24(32)13-15-25(22)28(26)41-18-21-8-11-23(12-9-21)31(33,34)35/h3-16,19,27H,17-18H2,1-2H3,(H,36,37)/t19-,27+/m1/s1. The third-order valence-electron chi connectivity index (χ3n) is 6.41. The first-order valence-electron chi connectivity index (χ1n) is 12.6. The van der Waals surface area contributed by atoms with Crippen LogP contribution in [0.4, 0.5) is 17.6 Å². The Morgan fingerprint density at radius 2 is 1.56 bits per heavy atom. The number of carbonyl (C=O) groups excluding carboxylic acids is 2. The van der Waals surface area contributed by atoms with E-state index in [-0.39, 0.29) is 24.5 Å². The average Bonchev–Trinajstić information content (AvgIpc) is 2.97. The van der Waals surface area contributed by atoms with Crippen LogP contribution in [-0.4, -0.2) is 31.1 Å². The van der Waals surface area contributed by atoms with Gasteiger partial charge in [-0.25, -0.2) is 9.18 Å². The number of amides is 1. The van der Waals surface area contributed by atoms with Crippen molar-refractivity contribution >= 4 is 22.6 Å². The summed E-state index contributed by atoms with van der Waals surface area (Å²) < 4.78 is 69.4. The van der Waals surface area contributed by atoms with E-state index >= 15 is 0 Å². The molecule has 6 nitrogen and oxygen atoms in total. The summed E-state index contributed by atoms with van der Waals surface area (Å²) in [7, 11) is 1.19. The second kappa shape index (κ2) is 12.8. The van der Waals surface area contributed by atoms with Crippen LogP contribution in [-0.2, 0) is 33.7 Å². The van der Waals surface area contributed by atoms with Crippen molar-refractivity contribution in [1.82, 2.24) is 5.32 Å². The highest BCUT2D eigenvalue weighted by molar-refractivity contribution is 6.05. The van der Waals surface area contributed by atoms with E-state index in [4.69, 9.17) is 14.2 Å². The van der Waals surface area contributed by atoms with E-state index in [2.05, 4.69) is 5.32 Å². The maximum atomic E-state index is 13.9. The van der Waals surface area contributed by atoms with Crippen LogP contribution in [0.5, 0.6) is 5.75 Å². The minimum Gasteiger partial charge on any atom is -0.487 e. The molecule has 0 aromatic heterocycles. The topological polar surface area (TPSA) is 73.9 Å². The SMILES string of the molecule is COC(=O)[C@@H](NC(=O)c1ccc2cc(F)ccc2c1OCc1ccc(C(F)(F)F)cc1)[C@@H](C)OCc1ccccc1. The number of benzene rings is 4. The van der Waals surface area contributed by atoms with Crippen molar-refractivity contribution < 1.29 is 41.4 Å². The maximum absolute atomic E-state index is 13.9. The Hall–Kier alpha value is -4.44. The van der Waals surface area contributed by atoms with Gasteiger partial charge in [0.25, 0.3) is 5.91 Å². The van der Waals surface area contributed by atoms with Crippen molar-refractivity contribution in [2.45, 2.75) is 38.5 Å². The number of esters is 1. The second-order valence-electron chi connectivity index (χ2n) is 9.27. The van der Waals surface area contributed by atoms with Crippen LogP contribution in [0.15, 0.2) is 84.9 Å². The van der Waals surface area contributed by atoms with Gasteiger partial charge in [-0.05, 0) is 59.8 Å². The fraction of sp³-hybridized carbons (Fsp3) is 0.226. The summed E-state index contributed by atoms with van der Waals surface area (Å²) in [6, 6.07) is 19.3. The lowest BCUT2D eigenvalue weighted by atomic mass is 10.0. The molecule has 0 aliphatic heterocycles. The first-order valence-corrected chi connectivity index (χ1v) is 12.6. The van der Waals surface area contributed by atoms with E-state index in [0.717, 1.165) is 17.7 Å². The number of nitrogens with one attached hydrogen (secondary N) is 1. The number of rotatable bonds is 10. The summed E-state index contributed by atoms with van der Waals surface area (Å²) in [5, 5.41) is 3.48. The molecule has 0 unspecified atom stereocenters. The highest BCUT2D eigenvalue weighted by atomic mass is 19.4. The zero-order valence-corrected chi connectivity index (χ0v) is 22.2. The summed E-state index contributed by atoms with van der Waals surface area (Å²) >= 11 is 0. The van der Waals surface area contributed by atoms with Crippen LogP contribution in [0.2, 0.25) is 0 Å². The molecular formula is C31H27F4NO5. The molecule has 4 aromatic rings. The minimum atomic E-state index is -4.48. The number of alkyl halides is 3. The van der Waals surface area contributed by atoms with Gasteiger partial charge in [0.2, 0.25) is 0 Å². The zero-order chi connectivity index (χ0) is 29.6. The van der Waals surface area contributed by atoms with Gasteiger partial charge in [0.05, 0.1) is 30.9 Å². The number of carbonyl (C=O) groups is 2. The van der Waals surface area contributed by atoms with Crippen molar-refractivity contribution in [3.05, 3.63) is 113 Å². The second-order valence-corrected chi connectivity index (χ2v) is 9.27. The summed E-state index contributed by atoms with van der Waals surface area (Å²) in [6.45, 7) is 1.64. The van der Waals surface area contributed by atoms with Gasteiger partial charge in [-0.15, -0.1) is 0 Å². The Balaban J connectivity index is 1.59. The molecule has 0 spiro atoms. The molecule has 41 heavy (non-hydrogen) atoms. The van der Waals surface area contributed by atoms with E-state index in [0.29, 0.717) is 16.3 Å². The molecule has 0 saturated carbocycles. The quantitative estimate of drug-likeness (QED) is 0.176. The van der Waals surface area contributed by atoms with E-state index in [1.54, 1.807) is 6.92 Å². The monoisotopic (exact) mass is 569 g/mol. The summed E-state index contributed by atoms with van der Waals surface area (Å²) in [6.07, 6.45) is -5.26. The van der Waals surface area contributed by atoms with Crippen LogP contribution in [0.1, 0.15) is 34.0 Å². The summed E-state index contributed by atoms with van der Waals surface area (Å²) in [5.41, 5.74) is 0.508.